The van der Waals surface area contributed by atoms with Crippen molar-refractivity contribution in [3.63, 3.8) is 0 Å². The van der Waals surface area contributed by atoms with E-state index in [0.717, 1.165) is 12.8 Å². The van der Waals surface area contributed by atoms with Crippen LogP contribution < -0.4 is 0 Å². The first-order valence-electron chi connectivity index (χ1n) is 5.78. The van der Waals surface area contributed by atoms with Crippen LogP contribution in [-0.4, -0.2) is 28.3 Å². The molecule has 3 heteroatoms. The molecule has 0 atom stereocenters. The van der Waals surface area contributed by atoms with Gasteiger partial charge in [-0.15, -0.1) is 0 Å². The molecular formula is C12H24NO2-. The van der Waals surface area contributed by atoms with Gasteiger partial charge in [0.2, 0.25) is 0 Å². The molecule has 90 valence electrons. The molecule has 1 heterocycles. The molecule has 3 nitrogen and oxygen atoms in total. The molecule has 0 bridgehead atoms. The minimum Gasteiger partial charge on any atom is -0.784 e. The fourth-order valence-electron chi connectivity index (χ4n) is 2.65. The highest BCUT2D eigenvalue weighted by atomic mass is 16.5. The molecule has 0 aromatic heterocycles. The Morgan fingerprint density at radius 1 is 1.13 bits per heavy atom. The summed E-state index contributed by atoms with van der Waals surface area (Å²) in [6.45, 7) is 12.1. The molecular weight excluding hydrogens is 190 g/mol. The average molecular weight is 214 g/mol. The lowest BCUT2D eigenvalue weighted by Crippen LogP contribution is -2.59. The van der Waals surface area contributed by atoms with Crippen LogP contribution in [0.25, 0.3) is 0 Å². The van der Waals surface area contributed by atoms with Gasteiger partial charge in [-0.25, -0.2) is 0 Å². The van der Waals surface area contributed by atoms with Gasteiger partial charge in [0.25, 0.3) is 0 Å². The van der Waals surface area contributed by atoms with E-state index in [0.29, 0.717) is 0 Å². The number of piperidine rings is 1. The van der Waals surface area contributed by atoms with Crippen LogP contribution in [0.3, 0.4) is 0 Å². The maximum Gasteiger partial charge on any atom is 0.0612 e. The topological polar surface area (TPSA) is 35.5 Å². The molecule has 0 N–H and O–H groups in total. The lowest BCUT2D eigenvalue weighted by atomic mass is 9.80. The third kappa shape index (κ3) is 2.92. The van der Waals surface area contributed by atoms with Crippen molar-refractivity contribution in [2.75, 3.05) is 0 Å². The van der Waals surface area contributed by atoms with Crippen molar-refractivity contribution in [3.05, 3.63) is 5.21 Å². The molecule has 0 aliphatic carbocycles. The average Bonchev–Trinajstić information content (AvgIpc) is 1.97. The second-order valence-electron chi connectivity index (χ2n) is 6.13. The summed E-state index contributed by atoms with van der Waals surface area (Å²) in [5.41, 5.74) is -0.636. The summed E-state index contributed by atoms with van der Waals surface area (Å²) in [5.74, 6) is 0. The van der Waals surface area contributed by atoms with Crippen LogP contribution in [0.15, 0.2) is 0 Å². The summed E-state index contributed by atoms with van der Waals surface area (Å²) in [6.07, 6.45) is 2.08. The van der Waals surface area contributed by atoms with Crippen LogP contribution in [0.2, 0.25) is 0 Å². The zero-order chi connectivity index (χ0) is 11.9. The van der Waals surface area contributed by atoms with E-state index in [9.17, 15) is 5.21 Å². The van der Waals surface area contributed by atoms with Gasteiger partial charge in [0.1, 0.15) is 0 Å². The van der Waals surface area contributed by atoms with Crippen molar-refractivity contribution < 1.29 is 4.74 Å². The Morgan fingerprint density at radius 2 is 1.53 bits per heavy atom. The summed E-state index contributed by atoms with van der Waals surface area (Å²) in [6, 6.07) is 0. The largest absolute Gasteiger partial charge is 0.784 e. The van der Waals surface area contributed by atoms with E-state index in [1.54, 1.807) is 0 Å². The van der Waals surface area contributed by atoms with E-state index in [1.165, 1.54) is 5.06 Å². The van der Waals surface area contributed by atoms with Crippen LogP contribution in [0.4, 0.5) is 0 Å². The second-order valence-corrected chi connectivity index (χ2v) is 6.13. The van der Waals surface area contributed by atoms with Crippen LogP contribution in [-0.2, 0) is 4.74 Å². The summed E-state index contributed by atoms with van der Waals surface area (Å²) >= 11 is 0. The number of hydroxylamine groups is 2. The van der Waals surface area contributed by atoms with Crippen molar-refractivity contribution >= 4 is 0 Å². The monoisotopic (exact) mass is 214 g/mol. The molecule has 0 saturated carbocycles. The highest BCUT2D eigenvalue weighted by Gasteiger charge is 2.40. The molecule has 1 saturated heterocycles. The minimum atomic E-state index is -0.318. The molecule has 0 spiro atoms. The fraction of sp³-hybridized carbons (Fsp3) is 1.00. The van der Waals surface area contributed by atoms with Gasteiger partial charge in [-0.1, -0.05) is 0 Å². The summed E-state index contributed by atoms with van der Waals surface area (Å²) in [4.78, 5) is 0. The molecule has 1 rings (SSSR count). The molecule has 1 aliphatic rings. The summed E-state index contributed by atoms with van der Waals surface area (Å²) < 4.78 is 5.85. The number of hydrogen-bond acceptors (Lipinski definition) is 3. The Bertz CT molecular complexity index is 206. The lowest BCUT2D eigenvalue weighted by Gasteiger charge is -2.59. The second kappa shape index (κ2) is 4.04. The fourth-order valence-corrected chi connectivity index (χ4v) is 2.65. The van der Waals surface area contributed by atoms with Crippen LogP contribution in [0.1, 0.15) is 54.4 Å². The van der Waals surface area contributed by atoms with Gasteiger partial charge in [-0.05, 0) is 54.4 Å². The SMILES string of the molecule is CC(C)OC1CC(C)(C)N([O-])C(C)(C)C1. The predicted molar refractivity (Wildman–Crippen MR) is 62.6 cm³/mol. The molecule has 0 unspecified atom stereocenters. The third-order valence-electron chi connectivity index (χ3n) is 3.02. The third-order valence-corrected chi connectivity index (χ3v) is 3.02. The van der Waals surface area contributed by atoms with Gasteiger partial charge in [-0.3, -0.25) is 0 Å². The first-order valence-corrected chi connectivity index (χ1v) is 5.78. The summed E-state index contributed by atoms with van der Waals surface area (Å²) in [7, 11) is 0. The van der Waals surface area contributed by atoms with Gasteiger partial charge in [-0.2, -0.15) is 0 Å². The predicted octanol–water partition coefficient (Wildman–Crippen LogP) is 2.93. The zero-order valence-electron chi connectivity index (χ0n) is 10.8. The number of rotatable bonds is 2. The summed E-state index contributed by atoms with van der Waals surface area (Å²) in [5, 5.41) is 13.3. The Kier molecular flexibility index (Phi) is 3.49. The standard InChI is InChI=1S/C12H24NO2/c1-9(2)15-10-7-11(3,4)13(14)12(5,6)8-10/h9-10H,7-8H2,1-6H3/q-1. The molecule has 0 aromatic rings. The van der Waals surface area contributed by atoms with E-state index in [2.05, 4.69) is 0 Å². The number of ether oxygens (including phenoxy) is 1. The molecule has 15 heavy (non-hydrogen) atoms. The van der Waals surface area contributed by atoms with Gasteiger partial charge in [0, 0.05) is 11.1 Å². The molecule has 1 fully saturated rings. The zero-order valence-corrected chi connectivity index (χ0v) is 10.8. The van der Waals surface area contributed by atoms with Crippen molar-refractivity contribution in [2.24, 2.45) is 0 Å². The Labute approximate surface area is 93.4 Å². The Balaban J connectivity index is 2.75. The maximum absolute atomic E-state index is 12.1. The van der Waals surface area contributed by atoms with Crippen LogP contribution in [0.5, 0.6) is 0 Å². The highest BCUT2D eigenvalue weighted by Crippen LogP contribution is 2.38. The first-order chi connectivity index (χ1) is 6.65. The Hall–Kier alpha value is -0.120. The van der Waals surface area contributed by atoms with Gasteiger partial charge >= 0.3 is 0 Å². The van der Waals surface area contributed by atoms with E-state index < -0.39 is 0 Å². The number of hydrogen-bond donors (Lipinski definition) is 0. The van der Waals surface area contributed by atoms with Crippen LogP contribution >= 0.6 is 0 Å². The highest BCUT2D eigenvalue weighted by molar-refractivity contribution is 5.01. The van der Waals surface area contributed by atoms with Crippen molar-refractivity contribution in [1.82, 2.24) is 5.06 Å². The van der Waals surface area contributed by atoms with Crippen molar-refractivity contribution in [2.45, 2.75) is 77.7 Å². The first kappa shape index (κ1) is 12.9. The van der Waals surface area contributed by atoms with E-state index in [4.69, 9.17) is 4.74 Å². The minimum absolute atomic E-state index is 0.209. The molecule has 0 amide bonds. The number of nitrogens with zero attached hydrogens (tertiary/aromatic N) is 1. The van der Waals surface area contributed by atoms with Gasteiger partial charge in [0.05, 0.1) is 12.2 Å². The lowest BCUT2D eigenvalue weighted by molar-refractivity contribution is -0.0980. The van der Waals surface area contributed by atoms with Gasteiger partial charge in [0.15, 0.2) is 0 Å². The smallest absolute Gasteiger partial charge is 0.0612 e. The van der Waals surface area contributed by atoms with Crippen molar-refractivity contribution in [1.29, 1.82) is 0 Å². The quantitative estimate of drug-likeness (QED) is 0.709. The molecule has 1 aliphatic heterocycles. The van der Waals surface area contributed by atoms with Crippen molar-refractivity contribution in [3.8, 4) is 0 Å². The maximum atomic E-state index is 12.1. The van der Waals surface area contributed by atoms with E-state index >= 15 is 0 Å². The normalized spacial score (nSPS) is 27.2. The van der Waals surface area contributed by atoms with E-state index in [1.807, 2.05) is 41.5 Å². The van der Waals surface area contributed by atoms with Crippen LogP contribution in [0, 0.1) is 5.21 Å². The molecule has 0 aromatic carbocycles. The van der Waals surface area contributed by atoms with E-state index in [-0.39, 0.29) is 23.3 Å². The molecule has 0 radical (unpaired) electrons. The van der Waals surface area contributed by atoms with Gasteiger partial charge < -0.3 is 15.0 Å². The Morgan fingerprint density at radius 3 is 1.87 bits per heavy atom.